The number of thiazole rings is 1. The molecule has 0 aliphatic rings. The lowest BCUT2D eigenvalue weighted by Gasteiger charge is -2.07. The Labute approximate surface area is 136 Å². The quantitative estimate of drug-likeness (QED) is 0.732. The maximum absolute atomic E-state index is 12.4. The molecular weight excluding hydrogens is 334 g/mol. The highest BCUT2D eigenvalue weighted by atomic mass is 32.2. The number of aromatic nitrogens is 2. The van der Waals surface area contributed by atoms with E-state index in [1.54, 1.807) is 41.4 Å². The summed E-state index contributed by atoms with van der Waals surface area (Å²) in [5.74, 6) is -0.737. The monoisotopic (exact) mass is 345 g/mol. The fraction of sp³-hybridized carbons (Fsp3) is 0. The lowest BCUT2D eigenvalue weighted by molar-refractivity contribution is -0.114. The van der Waals surface area contributed by atoms with Gasteiger partial charge in [-0.1, -0.05) is 6.07 Å². The van der Waals surface area contributed by atoms with Gasteiger partial charge in [-0.05, 0) is 30.3 Å². The Morgan fingerprint density at radius 3 is 2.83 bits per heavy atom. The Morgan fingerprint density at radius 2 is 2.04 bits per heavy atom. The first kappa shape index (κ1) is 15.3. The molecule has 0 aliphatic carbocycles. The van der Waals surface area contributed by atoms with Crippen molar-refractivity contribution >= 4 is 44.2 Å². The third kappa shape index (κ3) is 3.43. The molecule has 23 heavy (non-hydrogen) atoms. The number of nitrogens with one attached hydrogen (secondary N) is 1. The predicted molar refractivity (Wildman–Crippen MR) is 88.2 cm³/mol. The van der Waals surface area contributed by atoms with Gasteiger partial charge in [-0.2, -0.15) is 0 Å². The average Bonchev–Trinajstić information content (AvgIpc) is 3.05. The van der Waals surface area contributed by atoms with Gasteiger partial charge in [0.1, 0.15) is 0 Å². The lowest BCUT2D eigenvalue weighted by Crippen LogP contribution is -2.29. The van der Waals surface area contributed by atoms with Gasteiger partial charge in [0, 0.05) is 23.0 Å². The van der Waals surface area contributed by atoms with Gasteiger partial charge in [-0.15, -0.1) is 11.3 Å². The van der Waals surface area contributed by atoms with Crippen LogP contribution in [-0.2, 0) is 14.8 Å². The number of hydrogen-bond donors (Lipinski definition) is 1. The number of rotatable bonds is 4. The zero-order valence-corrected chi connectivity index (χ0v) is 13.3. The van der Waals surface area contributed by atoms with Crippen LogP contribution >= 0.6 is 11.3 Å². The Bertz CT molecular complexity index is 975. The maximum atomic E-state index is 12.4. The molecule has 0 saturated heterocycles. The topological polar surface area (TPSA) is 89.0 Å². The standard InChI is InChI=1S/C15H11N3O3S2/c19-15(7-6-11-9-22-10-17-11)18-23(20,21)14-5-1-4-13-12(14)3-2-8-16-13/h1-10H,(H,18,19)/b7-6+. The molecule has 3 rings (SSSR count). The molecule has 0 spiro atoms. The molecule has 116 valence electrons. The molecule has 3 aromatic rings. The van der Waals surface area contributed by atoms with Gasteiger partial charge in [-0.25, -0.2) is 18.1 Å². The third-order valence-corrected chi connectivity index (χ3v) is 5.00. The fourth-order valence-electron chi connectivity index (χ4n) is 2.00. The van der Waals surface area contributed by atoms with Gasteiger partial charge in [0.25, 0.3) is 15.9 Å². The highest BCUT2D eigenvalue weighted by Crippen LogP contribution is 2.20. The number of sulfonamides is 1. The minimum Gasteiger partial charge on any atom is -0.269 e. The van der Waals surface area contributed by atoms with Gasteiger partial charge >= 0.3 is 0 Å². The van der Waals surface area contributed by atoms with E-state index in [1.807, 2.05) is 4.72 Å². The van der Waals surface area contributed by atoms with E-state index in [0.717, 1.165) is 6.08 Å². The number of pyridine rings is 1. The Kier molecular flexibility index (Phi) is 4.18. The van der Waals surface area contributed by atoms with Crippen molar-refractivity contribution < 1.29 is 13.2 Å². The van der Waals surface area contributed by atoms with Crippen molar-refractivity contribution in [3.8, 4) is 0 Å². The number of fused-ring (bicyclic) bond motifs is 1. The molecule has 0 radical (unpaired) electrons. The first-order valence-corrected chi connectivity index (χ1v) is 8.96. The molecule has 2 heterocycles. The number of amides is 1. The van der Waals surface area contributed by atoms with E-state index in [9.17, 15) is 13.2 Å². The van der Waals surface area contributed by atoms with Gasteiger partial charge in [-0.3, -0.25) is 9.78 Å². The third-order valence-electron chi connectivity index (χ3n) is 2.99. The zero-order valence-electron chi connectivity index (χ0n) is 11.7. The molecule has 0 atom stereocenters. The molecule has 2 aromatic heterocycles. The number of benzene rings is 1. The molecular formula is C15H11N3O3S2. The Balaban J connectivity index is 1.87. The second-order valence-electron chi connectivity index (χ2n) is 4.54. The van der Waals surface area contributed by atoms with Crippen molar-refractivity contribution in [3.63, 3.8) is 0 Å². The largest absolute Gasteiger partial charge is 0.269 e. The van der Waals surface area contributed by atoms with Crippen molar-refractivity contribution in [2.24, 2.45) is 0 Å². The van der Waals surface area contributed by atoms with Gasteiger partial charge < -0.3 is 0 Å². The van der Waals surface area contributed by atoms with Crippen LogP contribution in [0, 0.1) is 0 Å². The zero-order chi connectivity index (χ0) is 16.3. The first-order valence-electron chi connectivity index (χ1n) is 6.53. The van der Waals surface area contributed by atoms with Gasteiger partial charge in [0.2, 0.25) is 0 Å². The molecule has 1 aromatic carbocycles. The van der Waals surface area contributed by atoms with E-state index < -0.39 is 15.9 Å². The van der Waals surface area contributed by atoms with Crippen LogP contribution in [-0.4, -0.2) is 24.3 Å². The lowest BCUT2D eigenvalue weighted by atomic mass is 10.2. The summed E-state index contributed by atoms with van der Waals surface area (Å²) in [5.41, 5.74) is 2.76. The van der Waals surface area contributed by atoms with Crippen LogP contribution in [0.2, 0.25) is 0 Å². The number of hydrogen-bond acceptors (Lipinski definition) is 6. The predicted octanol–water partition coefficient (Wildman–Crippen LogP) is 2.21. The number of carbonyl (C=O) groups is 1. The van der Waals surface area contributed by atoms with E-state index in [2.05, 4.69) is 9.97 Å². The van der Waals surface area contributed by atoms with Crippen LogP contribution in [0.4, 0.5) is 0 Å². The van der Waals surface area contributed by atoms with Crippen LogP contribution in [0.25, 0.3) is 17.0 Å². The summed E-state index contributed by atoms with van der Waals surface area (Å²) in [4.78, 5) is 19.9. The minimum atomic E-state index is -3.99. The van der Waals surface area contributed by atoms with Gasteiger partial charge in [0.15, 0.2) is 0 Å². The van der Waals surface area contributed by atoms with Crippen LogP contribution in [0.1, 0.15) is 5.69 Å². The smallest absolute Gasteiger partial charge is 0.264 e. The van der Waals surface area contributed by atoms with E-state index in [0.29, 0.717) is 16.6 Å². The SMILES string of the molecule is O=C(/C=C/c1cscn1)NS(=O)(=O)c1cccc2ncccc12. The fourth-order valence-corrected chi connectivity index (χ4v) is 3.68. The van der Waals surface area contributed by atoms with E-state index in [4.69, 9.17) is 0 Å². The summed E-state index contributed by atoms with van der Waals surface area (Å²) in [7, 11) is -3.99. The maximum Gasteiger partial charge on any atom is 0.264 e. The first-order chi connectivity index (χ1) is 11.1. The molecule has 0 bridgehead atoms. The van der Waals surface area contributed by atoms with Crippen LogP contribution < -0.4 is 4.72 Å². The Morgan fingerprint density at radius 1 is 1.17 bits per heavy atom. The van der Waals surface area contributed by atoms with Crippen molar-refractivity contribution in [1.82, 2.24) is 14.7 Å². The van der Waals surface area contributed by atoms with Gasteiger partial charge in [0.05, 0.1) is 21.6 Å². The molecule has 0 saturated carbocycles. The molecule has 1 N–H and O–H groups in total. The average molecular weight is 345 g/mol. The van der Waals surface area contributed by atoms with Crippen molar-refractivity contribution in [2.45, 2.75) is 4.90 Å². The minimum absolute atomic E-state index is 0.0125. The van der Waals surface area contributed by atoms with Crippen LogP contribution in [0.5, 0.6) is 0 Å². The van der Waals surface area contributed by atoms with Crippen molar-refractivity contribution in [1.29, 1.82) is 0 Å². The molecule has 0 aliphatic heterocycles. The summed E-state index contributed by atoms with van der Waals surface area (Å²) < 4.78 is 26.8. The van der Waals surface area contributed by atoms with Crippen molar-refractivity contribution in [3.05, 3.63) is 59.2 Å². The molecule has 1 amide bonds. The summed E-state index contributed by atoms with van der Waals surface area (Å²) in [6.07, 6.45) is 4.16. The second-order valence-corrected chi connectivity index (χ2v) is 6.91. The molecule has 0 fully saturated rings. The highest BCUT2D eigenvalue weighted by Gasteiger charge is 2.19. The highest BCUT2D eigenvalue weighted by molar-refractivity contribution is 7.90. The molecule has 6 nitrogen and oxygen atoms in total. The number of carbonyl (C=O) groups excluding carboxylic acids is 1. The van der Waals surface area contributed by atoms with Crippen molar-refractivity contribution in [2.75, 3.05) is 0 Å². The summed E-state index contributed by atoms with van der Waals surface area (Å²) in [5, 5.41) is 2.20. The summed E-state index contributed by atoms with van der Waals surface area (Å²) >= 11 is 1.38. The normalized spacial score (nSPS) is 11.8. The summed E-state index contributed by atoms with van der Waals surface area (Å²) in [6, 6.07) is 8.01. The second kappa shape index (κ2) is 6.27. The molecule has 8 heteroatoms. The van der Waals surface area contributed by atoms with Crippen LogP contribution in [0.3, 0.4) is 0 Å². The molecule has 0 unspecified atom stereocenters. The Hall–Kier alpha value is -2.58. The number of nitrogens with zero attached hydrogens (tertiary/aromatic N) is 2. The van der Waals surface area contributed by atoms with E-state index in [1.165, 1.54) is 23.5 Å². The van der Waals surface area contributed by atoms with E-state index >= 15 is 0 Å². The van der Waals surface area contributed by atoms with Crippen LogP contribution in [0.15, 0.2) is 58.4 Å². The summed E-state index contributed by atoms with van der Waals surface area (Å²) in [6.45, 7) is 0. The van der Waals surface area contributed by atoms with E-state index in [-0.39, 0.29) is 4.90 Å².